The zero-order valence-electron chi connectivity index (χ0n) is 9.52. The van der Waals surface area contributed by atoms with Gasteiger partial charge in [-0.05, 0) is 24.6 Å². The van der Waals surface area contributed by atoms with Crippen LogP contribution in [0.2, 0.25) is 0 Å². The third kappa shape index (κ3) is 2.89. The maximum atomic E-state index is 11.3. The van der Waals surface area contributed by atoms with E-state index < -0.39 is 9.05 Å². The van der Waals surface area contributed by atoms with E-state index in [1.807, 2.05) is 6.07 Å². The van der Waals surface area contributed by atoms with Gasteiger partial charge in [0.15, 0.2) is 0 Å². The van der Waals surface area contributed by atoms with Crippen LogP contribution in [-0.2, 0) is 9.05 Å². The third-order valence-corrected chi connectivity index (χ3v) is 5.04. The topological polar surface area (TPSA) is 37.4 Å². The van der Waals surface area contributed by atoms with E-state index in [1.54, 1.807) is 23.9 Å². The Labute approximate surface area is 111 Å². The fourth-order valence-corrected chi connectivity index (χ4v) is 3.85. The molecule has 0 spiro atoms. The lowest BCUT2D eigenvalue weighted by Crippen LogP contribution is -2.29. The maximum Gasteiger partial charge on any atom is 0.261 e. The van der Waals surface area contributed by atoms with Gasteiger partial charge in [0.2, 0.25) is 0 Å². The molecule has 1 aromatic rings. The summed E-state index contributed by atoms with van der Waals surface area (Å²) in [4.78, 5) is 3.48. The molecule has 1 aromatic carbocycles. The average Bonchev–Trinajstić information content (AvgIpc) is 2.28. The lowest BCUT2D eigenvalue weighted by atomic mass is 10.2. The van der Waals surface area contributed by atoms with Gasteiger partial charge in [0, 0.05) is 34.4 Å². The molecule has 1 heterocycles. The molecular weight excluding hydrogens is 278 g/mol. The highest BCUT2D eigenvalue weighted by Gasteiger charge is 2.19. The summed E-state index contributed by atoms with van der Waals surface area (Å²) in [7, 11) is 1.72. The van der Waals surface area contributed by atoms with E-state index in [0.29, 0.717) is 0 Å². The number of halogens is 1. The van der Waals surface area contributed by atoms with Crippen molar-refractivity contribution < 1.29 is 8.42 Å². The van der Waals surface area contributed by atoms with E-state index in [9.17, 15) is 8.42 Å². The molecule has 1 aliphatic heterocycles. The van der Waals surface area contributed by atoms with Crippen molar-refractivity contribution >= 4 is 37.2 Å². The van der Waals surface area contributed by atoms with Crippen molar-refractivity contribution in [3.8, 4) is 0 Å². The molecule has 0 fully saturated rings. The average molecular weight is 292 g/mol. The van der Waals surface area contributed by atoms with Crippen LogP contribution in [0.4, 0.5) is 5.69 Å². The number of hydrogen-bond acceptors (Lipinski definition) is 4. The molecule has 2 rings (SSSR count). The second-order valence-electron chi connectivity index (χ2n) is 3.90. The molecule has 0 atom stereocenters. The highest BCUT2D eigenvalue weighted by atomic mass is 35.7. The number of nitrogens with zero attached hydrogens (tertiary/aromatic N) is 1. The molecular formula is C11H14ClNO2S2. The van der Waals surface area contributed by atoms with E-state index >= 15 is 0 Å². The molecule has 0 aromatic heterocycles. The van der Waals surface area contributed by atoms with Crippen LogP contribution in [0.3, 0.4) is 0 Å². The van der Waals surface area contributed by atoms with Gasteiger partial charge in [-0.25, -0.2) is 8.42 Å². The van der Waals surface area contributed by atoms with Crippen molar-refractivity contribution in [3.63, 3.8) is 0 Å². The summed E-state index contributed by atoms with van der Waals surface area (Å²) in [5.74, 6) is 0.985. The van der Waals surface area contributed by atoms with E-state index in [-0.39, 0.29) is 4.90 Å². The number of rotatable bonds is 3. The first kappa shape index (κ1) is 13.1. The van der Waals surface area contributed by atoms with Gasteiger partial charge in [-0.1, -0.05) is 6.92 Å². The standard InChI is InChI=1S/C11H14ClNO2S2/c1-2-5-13-6-7-16-11-8-9(17(12,14)15)3-4-10(11)13/h3-4,8H,2,5-7H2,1H3. The van der Waals surface area contributed by atoms with Crippen molar-refractivity contribution in [2.75, 3.05) is 23.7 Å². The number of benzene rings is 1. The van der Waals surface area contributed by atoms with Crippen molar-refractivity contribution in [3.05, 3.63) is 18.2 Å². The van der Waals surface area contributed by atoms with Crippen LogP contribution in [0.25, 0.3) is 0 Å². The Bertz CT molecular complexity index is 516. The van der Waals surface area contributed by atoms with Gasteiger partial charge in [0.1, 0.15) is 0 Å². The molecule has 0 amide bonds. The first-order valence-corrected chi connectivity index (χ1v) is 8.78. The number of anilines is 1. The Morgan fingerprint density at radius 2 is 2.24 bits per heavy atom. The van der Waals surface area contributed by atoms with Gasteiger partial charge < -0.3 is 4.90 Å². The predicted molar refractivity (Wildman–Crippen MR) is 72.7 cm³/mol. The SMILES string of the molecule is CCCN1CCSc2cc(S(=O)(=O)Cl)ccc21. The summed E-state index contributed by atoms with van der Waals surface area (Å²) in [5, 5.41) is 0. The Hall–Kier alpha value is -0.390. The third-order valence-electron chi connectivity index (χ3n) is 2.67. The van der Waals surface area contributed by atoms with Crippen LogP contribution in [0, 0.1) is 0 Å². The van der Waals surface area contributed by atoms with Crippen LogP contribution in [0.5, 0.6) is 0 Å². The summed E-state index contributed by atoms with van der Waals surface area (Å²) >= 11 is 1.68. The molecule has 3 nitrogen and oxygen atoms in total. The fraction of sp³-hybridized carbons (Fsp3) is 0.455. The van der Waals surface area contributed by atoms with Gasteiger partial charge in [-0.15, -0.1) is 11.8 Å². The van der Waals surface area contributed by atoms with E-state index in [0.717, 1.165) is 35.8 Å². The minimum atomic E-state index is -3.63. The number of fused-ring (bicyclic) bond motifs is 1. The predicted octanol–water partition coefficient (Wildman–Crippen LogP) is 2.94. The maximum absolute atomic E-state index is 11.3. The Kier molecular flexibility index (Phi) is 3.90. The van der Waals surface area contributed by atoms with Crippen molar-refractivity contribution in [2.24, 2.45) is 0 Å². The summed E-state index contributed by atoms with van der Waals surface area (Å²) in [6.07, 6.45) is 1.08. The van der Waals surface area contributed by atoms with Crippen LogP contribution in [0.1, 0.15) is 13.3 Å². The smallest absolute Gasteiger partial charge is 0.261 e. The minimum Gasteiger partial charge on any atom is -0.370 e. The van der Waals surface area contributed by atoms with Crippen LogP contribution in [-0.4, -0.2) is 27.3 Å². The molecule has 0 unspecified atom stereocenters. The first-order valence-electron chi connectivity index (χ1n) is 5.49. The molecule has 0 N–H and O–H groups in total. The van der Waals surface area contributed by atoms with Gasteiger partial charge in [-0.3, -0.25) is 0 Å². The number of thioether (sulfide) groups is 1. The lowest BCUT2D eigenvalue weighted by Gasteiger charge is -2.30. The molecule has 6 heteroatoms. The lowest BCUT2D eigenvalue weighted by molar-refractivity contribution is 0.609. The highest BCUT2D eigenvalue weighted by Crippen LogP contribution is 2.36. The zero-order chi connectivity index (χ0) is 12.5. The van der Waals surface area contributed by atoms with Crippen LogP contribution >= 0.6 is 22.4 Å². The monoisotopic (exact) mass is 291 g/mol. The molecule has 0 radical (unpaired) electrons. The minimum absolute atomic E-state index is 0.184. The van der Waals surface area contributed by atoms with Gasteiger partial charge >= 0.3 is 0 Å². The van der Waals surface area contributed by atoms with Crippen LogP contribution < -0.4 is 4.90 Å². The number of hydrogen-bond donors (Lipinski definition) is 0. The van der Waals surface area contributed by atoms with Crippen molar-refractivity contribution in [1.29, 1.82) is 0 Å². The molecule has 0 bridgehead atoms. The fourth-order valence-electron chi connectivity index (χ4n) is 1.91. The molecule has 94 valence electrons. The normalized spacial score (nSPS) is 15.8. The summed E-state index contributed by atoms with van der Waals surface area (Å²) < 4.78 is 22.5. The zero-order valence-corrected chi connectivity index (χ0v) is 11.9. The van der Waals surface area contributed by atoms with Gasteiger partial charge in [0.05, 0.1) is 10.6 Å². The summed E-state index contributed by atoms with van der Waals surface area (Å²) in [6, 6.07) is 5.10. The van der Waals surface area contributed by atoms with E-state index in [1.165, 1.54) is 0 Å². The van der Waals surface area contributed by atoms with Crippen molar-refractivity contribution in [1.82, 2.24) is 0 Å². The second kappa shape index (κ2) is 5.08. The van der Waals surface area contributed by atoms with Crippen LogP contribution in [0.15, 0.2) is 28.0 Å². The molecule has 0 saturated heterocycles. The molecule has 0 saturated carbocycles. The Morgan fingerprint density at radius 1 is 1.47 bits per heavy atom. The summed E-state index contributed by atoms with van der Waals surface area (Å²) in [6.45, 7) is 4.15. The molecule has 0 aliphatic carbocycles. The summed E-state index contributed by atoms with van der Waals surface area (Å²) in [5.41, 5.74) is 1.12. The largest absolute Gasteiger partial charge is 0.370 e. The Morgan fingerprint density at radius 3 is 2.88 bits per heavy atom. The first-order chi connectivity index (χ1) is 8.02. The van der Waals surface area contributed by atoms with Gasteiger partial charge in [-0.2, -0.15) is 0 Å². The van der Waals surface area contributed by atoms with Crippen molar-refractivity contribution in [2.45, 2.75) is 23.1 Å². The second-order valence-corrected chi connectivity index (χ2v) is 7.61. The highest BCUT2D eigenvalue weighted by molar-refractivity contribution is 8.13. The van der Waals surface area contributed by atoms with Gasteiger partial charge in [0.25, 0.3) is 9.05 Å². The molecule has 1 aliphatic rings. The molecule has 17 heavy (non-hydrogen) atoms. The quantitative estimate of drug-likeness (QED) is 0.803. The Balaban J connectivity index is 2.40. The van der Waals surface area contributed by atoms with E-state index in [2.05, 4.69) is 11.8 Å². The van der Waals surface area contributed by atoms with E-state index in [4.69, 9.17) is 10.7 Å².